The van der Waals surface area contributed by atoms with Crippen LogP contribution in [0, 0.1) is 0 Å². The van der Waals surface area contributed by atoms with E-state index in [0.717, 1.165) is 5.69 Å². The van der Waals surface area contributed by atoms with E-state index in [1.54, 1.807) is 30.3 Å². The number of benzene rings is 1. The van der Waals surface area contributed by atoms with Crippen molar-refractivity contribution in [1.29, 1.82) is 0 Å². The first-order valence-electron chi connectivity index (χ1n) is 4.62. The third-order valence-electron chi connectivity index (χ3n) is 2.05. The van der Waals surface area contributed by atoms with Gasteiger partial charge in [0, 0.05) is 11.8 Å². The van der Waals surface area contributed by atoms with Crippen LogP contribution in [0.4, 0.5) is 17.1 Å². The molecule has 0 amide bonds. The highest BCUT2D eigenvalue weighted by atomic mass is 35.5. The highest BCUT2D eigenvalue weighted by Gasteiger charge is 2.01. The monoisotopic (exact) mass is 235 g/mol. The van der Waals surface area contributed by atoms with E-state index in [0.29, 0.717) is 16.5 Å². The van der Waals surface area contributed by atoms with Gasteiger partial charge in [-0.15, -0.1) is 0 Å². The lowest BCUT2D eigenvalue weighted by molar-refractivity contribution is 0.475. The highest BCUT2D eigenvalue weighted by molar-refractivity contribution is 6.29. The minimum absolute atomic E-state index is 0.214. The predicted molar refractivity (Wildman–Crippen MR) is 65.0 cm³/mol. The number of rotatable bonds is 2. The maximum absolute atomic E-state index is 9.14. The Hall–Kier alpha value is -1.94. The Bertz CT molecular complexity index is 499. The third kappa shape index (κ3) is 2.35. The Morgan fingerprint density at radius 3 is 2.62 bits per heavy atom. The molecule has 1 aromatic carbocycles. The number of hydrogen-bond donors (Lipinski definition) is 3. The van der Waals surface area contributed by atoms with Crippen molar-refractivity contribution in [3.05, 3.63) is 41.7 Å². The molecule has 0 bridgehead atoms. The fraction of sp³-hybridized carbons (Fsp3) is 0. The smallest absolute Gasteiger partial charge is 0.131 e. The van der Waals surface area contributed by atoms with E-state index in [1.165, 1.54) is 6.20 Å². The maximum Gasteiger partial charge on any atom is 0.131 e. The number of aromatic hydroxyl groups is 1. The molecule has 0 atom stereocenters. The van der Waals surface area contributed by atoms with Crippen LogP contribution in [0.3, 0.4) is 0 Å². The molecule has 4 nitrogen and oxygen atoms in total. The van der Waals surface area contributed by atoms with E-state index in [4.69, 9.17) is 22.4 Å². The van der Waals surface area contributed by atoms with Crippen molar-refractivity contribution in [2.24, 2.45) is 0 Å². The molecule has 1 heterocycles. The number of aromatic nitrogens is 1. The second-order valence-electron chi connectivity index (χ2n) is 3.27. The third-order valence-corrected chi connectivity index (χ3v) is 2.25. The van der Waals surface area contributed by atoms with E-state index in [-0.39, 0.29) is 5.75 Å². The van der Waals surface area contributed by atoms with Gasteiger partial charge in [-0.05, 0) is 24.3 Å². The van der Waals surface area contributed by atoms with Gasteiger partial charge in [-0.2, -0.15) is 0 Å². The summed E-state index contributed by atoms with van der Waals surface area (Å²) in [5, 5.41) is 12.6. The second kappa shape index (κ2) is 4.28. The van der Waals surface area contributed by atoms with Gasteiger partial charge in [-0.3, -0.25) is 0 Å². The van der Waals surface area contributed by atoms with Crippen LogP contribution in [0.5, 0.6) is 5.75 Å². The molecule has 1 aromatic heterocycles. The molecule has 2 aromatic rings. The van der Waals surface area contributed by atoms with Crippen molar-refractivity contribution < 1.29 is 5.11 Å². The number of nitrogens with two attached hydrogens (primary N) is 1. The number of anilines is 3. The molecule has 4 N–H and O–H groups in total. The number of nitrogen functional groups attached to an aromatic ring is 1. The summed E-state index contributed by atoms with van der Waals surface area (Å²) in [6.45, 7) is 0. The van der Waals surface area contributed by atoms with Gasteiger partial charge in [-0.1, -0.05) is 11.6 Å². The van der Waals surface area contributed by atoms with Gasteiger partial charge in [0.05, 0.1) is 17.6 Å². The highest BCUT2D eigenvalue weighted by Crippen LogP contribution is 2.25. The Morgan fingerprint density at radius 1 is 1.25 bits per heavy atom. The Balaban J connectivity index is 2.26. The van der Waals surface area contributed by atoms with E-state index < -0.39 is 0 Å². The molecular weight excluding hydrogens is 226 g/mol. The molecule has 0 aliphatic rings. The molecule has 0 spiro atoms. The van der Waals surface area contributed by atoms with Gasteiger partial charge < -0.3 is 16.2 Å². The molecule has 0 aliphatic heterocycles. The van der Waals surface area contributed by atoms with Crippen molar-refractivity contribution in [2.45, 2.75) is 0 Å². The van der Waals surface area contributed by atoms with E-state index >= 15 is 0 Å². The van der Waals surface area contributed by atoms with Gasteiger partial charge in [-0.25, -0.2) is 4.98 Å². The van der Waals surface area contributed by atoms with Gasteiger partial charge in [0.15, 0.2) is 0 Å². The zero-order valence-corrected chi connectivity index (χ0v) is 9.07. The van der Waals surface area contributed by atoms with Crippen LogP contribution in [0.15, 0.2) is 36.5 Å². The zero-order chi connectivity index (χ0) is 11.5. The minimum Gasteiger partial charge on any atom is -0.508 e. The summed E-state index contributed by atoms with van der Waals surface area (Å²) >= 11 is 5.76. The maximum atomic E-state index is 9.14. The topological polar surface area (TPSA) is 71.2 Å². The number of pyridine rings is 1. The molecule has 0 aliphatic carbocycles. The first-order valence-corrected chi connectivity index (χ1v) is 5.00. The number of hydrogen-bond acceptors (Lipinski definition) is 4. The summed E-state index contributed by atoms with van der Waals surface area (Å²) in [7, 11) is 0. The number of phenolic OH excluding ortho intramolecular Hbond substituents is 1. The van der Waals surface area contributed by atoms with Crippen molar-refractivity contribution in [3.8, 4) is 5.75 Å². The lowest BCUT2D eigenvalue weighted by Crippen LogP contribution is -1.97. The summed E-state index contributed by atoms with van der Waals surface area (Å²) < 4.78 is 0. The molecule has 0 saturated heterocycles. The average Bonchev–Trinajstić information content (AvgIpc) is 2.27. The number of nitrogens with one attached hydrogen (secondary N) is 1. The molecule has 82 valence electrons. The lowest BCUT2D eigenvalue weighted by Gasteiger charge is -2.09. The van der Waals surface area contributed by atoms with E-state index in [9.17, 15) is 0 Å². The van der Waals surface area contributed by atoms with Crippen LogP contribution < -0.4 is 11.1 Å². The fourth-order valence-electron chi connectivity index (χ4n) is 1.25. The quantitative estimate of drug-likeness (QED) is 0.553. The van der Waals surface area contributed by atoms with E-state index in [1.807, 2.05) is 0 Å². The van der Waals surface area contributed by atoms with Crippen molar-refractivity contribution in [3.63, 3.8) is 0 Å². The molecule has 2 rings (SSSR count). The summed E-state index contributed by atoms with van der Waals surface area (Å²) in [5.41, 5.74) is 7.74. The van der Waals surface area contributed by atoms with Crippen LogP contribution >= 0.6 is 11.6 Å². The van der Waals surface area contributed by atoms with Crippen molar-refractivity contribution in [1.82, 2.24) is 4.98 Å². The first kappa shape index (κ1) is 10.6. The van der Waals surface area contributed by atoms with Crippen LogP contribution in [0.25, 0.3) is 0 Å². The predicted octanol–water partition coefficient (Wildman–Crippen LogP) is 2.77. The minimum atomic E-state index is 0.214. The van der Waals surface area contributed by atoms with Crippen LogP contribution in [-0.4, -0.2) is 10.1 Å². The number of nitrogens with zero attached hydrogens (tertiary/aromatic N) is 1. The molecule has 0 radical (unpaired) electrons. The molecule has 5 heteroatoms. The molecule has 0 fully saturated rings. The molecule has 0 saturated carbocycles. The Morgan fingerprint density at radius 2 is 1.94 bits per heavy atom. The summed E-state index contributed by atoms with van der Waals surface area (Å²) in [6.07, 6.45) is 1.49. The second-order valence-corrected chi connectivity index (χ2v) is 3.65. The molecule has 16 heavy (non-hydrogen) atoms. The normalized spacial score (nSPS) is 10.1. The SMILES string of the molecule is Nc1cnc(Cl)cc1Nc1ccc(O)cc1. The van der Waals surface area contributed by atoms with Crippen molar-refractivity contribution >= 4 is 28.7 Å². The molecular formula is C11H10ClN3O. The number of phenols is 1. The van der Waals surface area contributed by atoms with Gasteiger partial charge in [0.2, 0.25) is 0 Å². The standard InChI is InChI=1S/C11H10ClN3O/c12-11-5-10(9(13)6-14-11)15-7-1-3-8(16)4-2-7/h1-6,16H,13H2,(H,14,15). The summed E-state index contributed by atoms with van der Waals surface area (Å²) in [4.78, 5) is 3.86. The van der Waals surface area contributed by atoms with Crippen molar-refractivity contribution in [2.75, 3.05) is 11.1 Å². The Kier molecular flexibility index (Phi) is 2.83. The van der Waals surface area contributed by atoms with Gasteiger partial charge >= 0.3 is 0 Å². The Labute approximate surface area is 97.7 Å². The van der Waals surface area contributed by atoms with Crippen LogP contribution in [-0.2, 0) is 0 Å². The lowest BCUT2D eigenvalue weighted by atomic mass is 10.2. The largest absolute Gasteiger partial charge is 0.508 e. The van der Waals surface area contributed by atoms with Gasteiger partial charge in [0.25, 0.3) is 0 Å². The average molecular weight is 236 g/mol. The summed E-state index contributed by atoms with van der Waals surface area (Å²) in [5.74, 6) is 0.214. The van der Waals surface area contributed by atoms with Gasteiger partial charge in [0.1, 0.15) is 10.9 Å². The van der Waals surface area contributed by atoms with Crippen LogP contribution in [0.2, 0.25) is 5.15 Å². The van der Waals surface area contributed by atoms with E-state index in [2.05, 4.69) is 10.3 Å². The zero-order valence-electron chi connectivity index (χ0n) is 8.31. The molecule has 0 unspecified atom stereocenters. The van der Waals surface area contributed by atoms with Crippen LogP contribution in [0.1, 0.15) is 0 Å². The first-order chi connectivity index (χ1) is 7.65. The number of halogens is 1. The summed E-state index contributed by atoms with van der Waals surface area (Å²) in [6, 6.07) is 8.29. The fourth-order valence-corrected chi connectivity index (χ4v) is 1.41.